The molecule has 13 heavy (non-hydrogen) atoms. The van der Waals surface area contributed by atoms with Crippen LogP contribution in [0.4, 0.5) is 0 Å². The Hall–Kier alpha value is -1.58. The van der Waals surface area contributed by atoms with Crippen LogP contribution in [0.2, 0.25) is 0 Å². The van der Waals surface area contributed by atoms with Crippen LogP contribution in [0.3, 0.4) is 0 Å². The molecule has 0 spiro atoms. The number of fused-ring (bicyclic) bond motifs is 1. The van der Waals surface area contributed by atoms with Gasteiger partial charge in [0.25, 0.3) is 0 Å². The Labute approximate surface area is 75.4 Å². The summed E-state index contributed by atoms with van der Waals surface area (Å²) >= 11 is 0. The lowest BCUT2D eigenvalue weighted by molar-refractivity contribution is 0.171. The molecule has 0 fully saturated rings. The maximum atomic E-state index is 10.0. The number of benzene rings is 1. The van der Waals surface area contributed by atoms with E-state index in [1.54, 1.807) is 12.1 Å². The first-order valence-corrected chi connectivity index (χ1v) is 4.08. The largest absolute Gasteiger partial charge is 0.486 e. The summed E-state index contributed by atoms with van der Waals surface area (Å²) in [5, 5.41) is 2.81. The van der Waals surface area contributed by atoms with E-state index in [0.717, 1.165) is 11.3 Å². The number of hydrogen-bond acceptors (Lipinski definition) is 4. The predicted molar refractivity (Wildman–Crippen MR) is 46.9 cm³/mol. The minimum atomic E-state index is 0.177. The highest BCUT2D eigenvalue weighted by Gasteiger charge is 2.11. The average molecular weight is 179 g/mol. The van der Waals surface area contributed by atoms with Crippen molar-refractivity contribution in [3.8, 4) is 11.5 Å². The summed E-state index contributed by atoms with van der Waals surface area (Å²) in [6, 6.07) is 5.40. The van der Waals surface area contributed by atoms with Gasteiger partial charge in [-0.15, -0.1) is 0 Å². The van der Waals surface area contributed by atoms with Crippen molar-refractivity contribution >= 4 is 0 Å². The molecule has 0 saturated carbocycles. The Balaban J connectivity index is 2.29. The molecule has 0 aromatic heterocycles. The highest BCUT2D eigenvalue weighted by Crippen LogP contribution is 2.30. The van der Waals surface area contributed by atoms with Crippen molar-refractivity contribution in [3.05, 3.63) is 28.7 Å². The fourth-order valence-electron chi connectivity index (χ4n) is 1.26. The molecule has 0 radical (unpaired) electrons. The number of hydrogen-bond donors (Lipinski definition) is 0. The molecule has 2 rings (SSSR count). The van der Waals surface area contributed by atoms with E-state index in [0.29, 0.717) is 19.0 Å². The number of nitrogens with zero attached hydrogens (tertiary/aromatic N) is 1. The van der Waals surface area contributed by atoms with Crippen molar-refractivity contribution in [1.29, 1.82) is 0 Å². The molecule has 1 aliphatic heterocycles. The van der Waals surface area contributed by atoms with Gasteiger partial charge in [-0.1, -0.05) is 11.2 Å². The van der Waals surface area contributed by atoms with E-state index in [1.165, 1.54) is 0 Å². The first kappa shape index (κ1) is 8.04. The van der Waals surface area contributed by atoms with Crippen LogP contribution in [0.15, 0.2) is 23.4 Å². The Morgan fingerprint density at radius 1 is 1.23 bits per heavy atom. The number of ether oxygens (including phenoxy) is 2. The van der Waals surface area contributed by atoms with E-state index < -0.39 is 0 Å². The molecule has 1 heterocycles. The topological polar surface area (TPSA) is 47.9 Å². The molecule has 0 atom stereocenters. The predicted octanol–water partition coefficient (Wildman–Crippen LogP) is 1.72. The van der Waals surface area contributed by atoms with Crippen LogP contribution in [0.1, 0.15) is 5.56 Å². The van der Waals surface area contributed by atoms with Crippen molar-refractivity contribution in [3.63, 3.8) is 0 Å². The van der Waals surface area contributed by atoms with Gasteiger partial charge in [-0.25, -0.2) is 0 Å². The first-order chi connectivity index (χ1) is 6.40. The quantitative estimate of drug-likeness (QED) is 0.649. The lowest BCUT2D eigenvalue weighted by Gasteiger charge is -2.18. The van der Waals surface area contributed by atoms with Gasteiger partial charge in [0.1, 0.15) is 19.8 Å². The zero-order chi connectivity index (χ0) is 9.10. The molecule has 0 saturated heterocycles. The van der Waals surface area contributed by atoms with E-state index in [2.05, 4.69) is 5.18 Å². The van der Waals surface area contributed by atoms with Crippen molar-refractivity contribution in [2.45, 2.75) is 6.54 Å². The summed E-state index contributed by atoms with van der Waals surface area (Å²) in [5.41, 5.74) is 0.847. The standard InChI is InChI=1S/C9H9NO3/c11-10-6-7-1-2-8-9(5-7)13-4-3-12-8/h1-2,5H,3-4,6H2. The van der Waals surface area contributed by atoms with Crippen molar-refractivity contribution in [2.75, 3.05) is 13.2 Å². The van der Waals surface area contributed by atoms with Gasteiger partial charge in [-0.05, 0) is 17.7 Å². The van der Waals surface area contributed by atoms with Gasteiger partial charge in [0.15, 0.2) is 11.5 Å². The molecule has 0 amide bonds. The summed E-state index contributed by atoms with van der Waals surface area (Å²) in [5.74, 6) is 1.44. The molecule has 68 valence electrons. The van der Waals surface area contributed by atoms with E-state index in [4.69, 9.17) is 9.47 Å². The average Bonchev–Trinajstić information content (AvgIpc) is 2.18. The minimum absolute atomic E-state index is 0.177. The Morgan fingerprint density at radius 2 is 2.00 bits per heavy atom. The Bertz CT molecular complexity index is 325. The summed E-state index contributed by atoms with van der Waals surface area (Å²) in [4.78, 5) is 10.0. The highest BCUT2D eigenvalue weighted by atomic mass is 16.6. The van der Waals surface area contributed by atoms with Crippen LogP contribution in [-0.2, 0) is 6.54 Å². The fraction of sp³-hybridized carbons (Fsp3) is 0.333. The molecule has 1 aliphatic rings. The van der Waals surface area contributed by atoms with Gasteiger partial charge in [0, 0.05) is 0 Å². The Kier molecular flexibility index (Phi) is 2.12. The van der Waals surface area contributed by atoms with Gasteiger partial charge < -0.3 is 9.47 Å². The van der Waals surface area contributed by atoms with Crippen molar-refractivity contribution in [2.24, 2.45) is 5.18 Å². The normalized spacial score (nSPS) is 13.8. The molecule has 0 bridgehead atoms. The molecule has 1 aromatic carbocycles. The second kappa shape index (κ2) is 3.43. The summed E-state index contributed by atoms with van der Waals surface area (Å²) in [6.45, 7) is 1.32. The smallest absolute Gasteiger partial charge is 0.161 e. The lowest BCUT2D eigenvalue weighted by Crippen LogP contribution is -2.15. The molecule has 0 unspecified atom stereocenters. The zero-order valence-corrected chi connectivity index (χ0v) is 7.03. The van der Waals surface area contributed by atoms with E-state index in [-0.39, 0.29) is 6.54 Å². The second-order valence-corrected chi connectivity index (χ2v) is 2.77. The van der Waals surface area contributed by atoms with E-state index in [9.17, 15) is 4.91 Å². The van der Waals surface area contributed by atoms with E-state index in [1.807, 2.05) is 6.07 Å². The molecule has 4 heteroatoms. The molecule has 4 nitrogen and oxygen atoms in total. The minimum Gasteiger partial charge on any atom is -0.486 e. The molecule has 1 aromatic rings. The van der Waals surface area contributed by atoms with Crippen molar-refractivity contribution < 1.29 is 9.47 Å². The van der Waals surface area contributed by atoms with Crippen LogP contribution in [-0.4, -0.2) is 13.2 Å². The van der Waals surface area contributed by atoms with Crippen LogP contribution in [0.25, 0.3) is 0 Å². The molecule has 0 N–H and O–H groups in total. The maximum absolute atomic E-state index is 10.0. The lowest BCUT2D eigenvalue weighted by atomic mass is 10.2. The summed E-state index contributed by atoms with van der Waals surface area (Å²) < 4.78 is 10.7. The third kappa shape index (κ3) is 1.61. The van der Waals surface area contributed by atoms with Gasteiger partial charge in [-0.3, -0.25) is 0 Å². The van der Waals surface area contributed by atoms with Gasteiger partial charge in [0.05, 0.1) is 0 Å². The van der Waals surface area contributed by atoms with Gasteiger partial charge >= 0.3 is 0 Å². The fourth-order valence-corrected chi connectivity index (χ4v) is 1.26. The number of nitroso groups, excluding NO2 is 1. The third-order valence-electron chi connectivity index (χ3n) is 1.85. The monoisotopic (exact) mass is 179 g/mol. The van der Waals surface area contributed by atoms with Crippen molar-refractivity contribution in [1.82, 2.24) is 0 Å². The van der Waals surface area contributed by atoms with Crippen LogP contribution in [0, 0.1) is 4.91 Å². The first-order valence-electron chi connectivity index (χ1n) is 4.08. The van der Waals surface area contributed by atoms with Gasteiger partial charge in [0.2, 0.25) is 0 Å². The molecular weight excluding hydrogens is 170 g/mol. The third-order valence-corrected chi connectivity index (χ3v) is 1.85. The highest BCUT2D eigenvalue weighted by molar-refractivity contribution is 5.43. The summed E-state index contributed by atoms with van der Waals surface area (Å²) in [6.07, 6.45) is 0. The van der Waals surface area contributed by atoms with Crippen LogP contribution < -0.4 is 9.47 Å². The Morgan fingerprint density at radius 3 is 2.77 bits per heavy atom. The van der Waals surface area contributed by atoms with Crippen LogP contribution in [0.5, 0.6) is 11.5 Å². The van der Waals surface area contributed by atoms with Crippen LogP contribution >= 0.6 is 0 Å². The van der Waals surface area contributed by atoms with Gasteiger partial charge in [-0.2, -0.15) is 4.91 Å². The SMILES string of the molecule is O=NCc1ccc2c(c1)OCCO2. The van der Waals surface area contributed by atoms with E-state index >= 15 is 0 Å². The molecule has 0 aliphatic carbocycles. The number of rotatable bonds is 2. The molecular formula is C9H9NO3. The maximum Gasteiger partial charge on any atom is 0.161 e. The summed E-state index contributed by atoms with van der Waals surface area (Å²) in [7, 11) is 0. The zero-order valence-electron chi connectivity index (χ0n) is 7.03. The second-order valence-electron chi connectivity index (χ2n) is 2.77.